The first-order valence-electron chi connectivity index (χ1n) is 19.2. The monoisotopic (exact) mass is 671 g/mol. The summed E-state index contributed by atoms with van der Waals surface area (Å²) in [6, 6.07) is 15.0. The van der Waals surface area contributed by atoms with Gasteiger partial charge in [-0.3, -0.25) is 4.90 Å². The van der Waals surface area contributed by atoms with Gasteiger partial charge in [0.1, 0.15) is 17.3 Å². The molecule has 2 aromatic rings. The van der Waals surface area contributed by atoms with Crippen LogP contribution in [0.25, 0.3) is 0 Å². The third-order valence-corrected chi connectivity index (χ3v) is 14.5. The summed E-state index contributed by atoms with van der Waals surface area (Å²) in [6.07, 6.45) is 11.7. The van der Waals surface area contributed by atoms with E-state index in [1.807, 2.05) is 13.2 Å². The minimum atomic E-state index is -0.888. The first-order valence-corrected chi connectivity index (χ1v) is 19.2. The second-order valence-corrected chi connectivity index (χ2v) is 17.6. The molecule has 49 heavy (non-hydrogen) atoms. The van der Waals surface area contributed by atoms with Crippen LogP contribution in [0, 0.1) is 22.7 Å². The molecule has 7 nitrogen and oxygen atoms in total. The number of piperidine rings is 1. The molecule has 4 bridgehead atoms. The summed E-state index contributed by atoms with van der Waals surface area (Å²) in [5.74, 6) is 1.59. The highest BCUT2D eigenvalue weighted by Crippen LogP contribution is 2.78. The lowest BCUT2D eigenvalue weighted by atomic mass is 9.33. The van der Waals surface area contributed by atoms with E-state index in [0.717, 1.165) is 76.7 Å². The van der Waals surface area contributed by atoms with Gasteiger partial charge in [-0.25, -0.2) is 4.79 Å². The minimum absolute atomic E-state index is 0.0681. The van der Waals surface area contributed by atoms with Crippen LogP contribution >= 0.6 is 0 Å². The highest BCUT2D eigenvalue weighted by atomic mass is 16.7. The Bertz CT molecular complexity index is 1570. The van der Waals surface area contributed by atoms with Gasteiger partial charge in [0.05, 0.1) is 6.61 Å². The van der Waals surface area contributed by atoms with Gasteiger partial charge in [-0.15, -0.1) is 0 Å². The molecule has 7 heteroatoms. The molecular weight excluding hydrogens is 614 g/mol. The van der Waals surface area contributed by atoms with Crippen LogP contribution in [-0.2, 0) is 32.5 Å². The van der Waals surface area contributed by atoms with Crippen LogP contribution in [-0.4, -0.2) is 66.3 Å². The molecule has 2 aromatic carbocycles. The van der Waals surface area contributed by atoms with E-state index < -0.39 is 22.8 Å². The Morgan fingerprint density at radius 2 is 1.78 bits per heavy atom. The number of aryl methyl sites for hydroxylation is 1. The lowest BCUT2D eigenvalue weighted by Crippen LogP contribution is -2.83. The quantitative estimate of drug-likeness (QED) is 0.179. The number of carbonyl (C=O) groups excluding carboxylic acids is 1. The summed E-state index contributed by atoms with van der Waals surface area (Å²) >= 11 is 0. The van der Waals surface area contributed by atoms with E-state index in [9.17, 15) is 9.90 Å². The number of phenolic OH excluding ortho intramolecular Hbond substituents is 1. The van der Waals surface area contributed by atoms with Crippen LogP contribution in [0.15, 0.2) is 42.5 Å². The lowest BCUT2D eigenvalue weighted by Gasteiger charge is -2.75. The second kappa shape index (κ2) is 11.9. The Morgan fingerprint density at radius 1 is 1.00 bits per heavy atom. The Kier molecular flexibility index (Phi) is 8.11. The molecule has 0 amide bonds. The van der Waals surface area contributed by atoms with Gasteiger partial charge in [0, 0.05) is 47.4 Å². The van der Waals surface area contributed by atoms with Crippen molar-refractivity contribution in [1.82, 2.24) is 4.90 Å². The largest absolute Gasteiger partial charge is 0.508 e. The number of fused-ring (bicyclic) bond motifs is 2. The first kappa shape index (κ1) is 33.4. The Labute approximate surface area is 293 Å². The Morgan fingerprint density at radius 3 is 2.51 bits per heavy atom. The van der Waals surface area contributed by atoms with E-state index in [-0.39, 0.29) is 28.6 Å². The van der Waals surface area contributed by atoms with Crippen LogP contribution in [0.2, 0.25) is 0 Å². The number of likely N-dealkylation sites (tertiary alicyclic amines) is 1. The van der Waals surface area contributed by atoms with Gasteiger partial charge in [0.15, 0.2) is 11.5 Å². The van der Waals surface area contributed by atoms with Gasteiger partial charge in [-0.1, -0.05) is 70.0 Å². The molecule has 5 aliphatic carbocycles. The van der Waals surface area contributed by atoms with Crippen molar-refractivity contribution in [3.05, 3.63) is 59.2 Å². The van der Waals surface area contributed by atoms with Crippen LogP contribution in [0.4, 0.5) is 4.79 Å². The number of rotatable bonds is 12. The molecule has 7 atom stereocenters. The van der Waals surface area contributed by atoms with Gasteiger partial charge < -0.3 is 24.1 Å². The molecule has 5 fully saturated rings. The molecule has 2 spiro atoms. The van der Waals surface area contributed by atoms with Crippen molar-refractivity contribution in [1.29, 1.82) is 0 Å². The predicted molar refractivity (Wildman–Crippen MR) is 189 cm³/mol. The Balaban J connectivity index is 1.06. The van der Waals surface area contributed by atoms with E-state index in [2.05, 4.69) is 69.0 Å². The third-order valence-electron chi connectivity index (χ3n) is 14.5. The summed E-state index contributed by atoms with van der Waals surface area (Å²) in [7, 11) is 1.83. The van der Waals surface area contributed by atoms with E-state index in [1.165, 1.54) is 36.1 Å². The summed E-state index contributed by atoms with van der Waals surface area (Å²) in [5, 5.41) is 11.2. The SMILES string of the molecule is COC12CCC3(CC1C(C)(OC(=O)OCCCCCCc1ccccc1)C(C)(C)C)C1Cc4ccc(O)c5c4C3(CCN1CC1CC1)C2O5. The molecule has 1 saturated heterocycles. The zero-order valence-corrected chi connectivity index (χ0v) is 30.4. The fourth-order valence-electron chi connectivity index (χ4n) is 11.6. The van der Waals surface area contributed by atoms with Crippen molar-refractivity contribution in [3.8, 4) is 11.5 Å². The number of hydrogen-bond donors (Lipinski definition) is 1. The summed E-state index contributed by atoms with van der Waals surface area (Å²) in [6.45, 7) is 11.2. The van der Waals surface area contributed by atoms with Gasteiger partial charge >= 0.3 is 6.16 Å². The standard InChI is InChI=1S/C42H57NO6/c1-38(2,3)39(4,49-37(45)47-24-12-7-6-9-13-28-14-10-8-11-15-28)32-26-40-20-21-42(32,46-5)36-41(40)22-23-43(27-29-16-17-29)33(40)25-30-18-19-31(44)35(48-36)34(30)41/h8,10-11,14-15,18-19,29,32-33,36,44H,6-7,9,12-13,16-17,20-27H2,1-5H3. The number of nitrogens with zero attached hydrogens (tertiary/aromatic N) is 1. The minimum Gasteiger partial charge on any atom is -0.504 e. The van der Waals surface area contributed by atoms with Gasteiger partial charge in [0.2, 0.25) is 0 Å². The van der Waals surface area contributed by atoms with E-state index in [1.54, 1.807) is 0 Å². The topological polar surface area (TPSA) is 77.5 Å². The Hall–Kier alpha value is -2.77. The number of unbranched alkanes of at least 4 members (excludes halogenated alkanes) is 3. The average Bonchev–Trinajstić information content (AvgIpc) is 3.83. The molecule has 4 saturated carbocycles. The first-order chi connectivity index (χ1) is 23.5. The van der Waals surface area contributed by atoms with Crippen LogP contribution in [0.5, 0.6) is 11.5 Å². The van der Waals surface area contributed by atoms with Crippen LogP contribution in [0.1, 0.15) is 109 Å². The maximum Gasteiger partial charge on any atom is 0.508 e. The molecule has 9 rings (SSSR count). The zero-order chi connectivity index (χ0) is 34.2. The fraction of sp³-hybridized carbons (Fsp3) is 0.690. The molecule has 7 aliphatic rings. The highest BCUT2D eigenvalue weighted by molar-refractivity contribution is 5.64. The van der Waals surface area contributed by atoms with Crippen molar-refractivity contribution in [2.45, 2.75) is 134 Å². The average molecular weight is 672 g/mol. The number of hydrogen-bond acceptors (Lipinski definition) is 7. The van der Waals surface area contributed by atoms with Crippen molar-refractivity contribution in [2.75, 3.05) is 26.8 Å². The van der Waals surface area contributed by atoms with Gasteiger partial charge in [0.25, 0.3) is 0 Å². The number of aromatic hydroxyl groups is 1. The molecule has 266 valence electrons. The molecule has 7 unspecified atom stereocenters. The number of ether oxygens (including phenoxy) is 4. The summed E-state index contributed by atoms with van der Waals surface area (Å²) in [5.41, 5.74) is 1.67. The summed E-state index contributed by atoms with van der Waals surface area (Å²) < 4.78 is 26.3. The van der Waals surface area contributed by atoms with Crippen molar-refractivity contribution in [3.63, 3.8) is 0 Å². The van der Waals surface area contributed by atoms with Gasteiger partial charge in [-0.05, 0) is 101 Å². The van der Waals surface area contributed by atoms with Crippen LogP contribution < -0.4 is 4.74 Å². The van der Waals surface area contributed by atoms with Crippen LogP contribution in [0.3, 0.4) is 0 Å². The second-order valence-electron chi connectivity index (χ2n) is 17.6. The molecule has 0 aromatic heterocycles. The normalized spacial score (nSPS) is 33.8. The number of phenols is 1. The molecular formula is C42H57NO6. The molecule has 1 N–H and O–H groups in total. The lowest BCUT2D eigenvalue weighted by molar-refractivity contribution is -0.313. The summed E-state index contributed by atoms with van der Waals surface area (Å²) in [4.78, 5) is 16.5. The van der Waals surface area contributed by atoms with Crippen molar-refractivity contribution < 1.29 is 28.8 Å². The molecule has 2 heterocycles. The van der Waals surface area contributed by atoms with E-state index in [0.29, 0.717) is 18.4 Å². The van der Waals surface area contributed by atoms with Crippen molar-refractivity contribution in [2.24, 2.45) is 22.7 Å². The third kappa shape index (κ3) is 4.91. The van der Waals surface area contributed by atoms with E-state index >= 15 is 0 Å². The zero-order valence-electron chi connectivity index (χ0n) is 30.4. The van der Waals surface area contributed by atoms with E-state index in [4.69, 9.17) is 18.9 Å². The number of carbonyl (C=O) groups is 1. The highest BCUT2D eigenvalue weighted by Gasteiger charge is 2.83. The maximum atomic E-state index is 13.6. The number of benzene rings is 2. The maximum absolute atomic E-state index is 13.6. The fourth-order valence-corrected chi connectivity index (χ4v) is 11.6. The van der Waals surface area contributed by atoms with Crippen molar-refractivity contribution >= 4 is 6.16 Å². The van der Waals surface area contributed by atoms with Gasteiger partial charge in [-0.2, -0.15) is 0 Å². The molecule has 0 radical (unpaired) electrons. The smallest absolute Gasteiger partial charge is 0.504 e. The number of methoxy groups -OCH3 is 1. The predicted octanol–water partition coefficient (Wildman–Crippen LogP) is 8.38. The molecule has 2 aliphatic heterocycles.